The van der Waals surface area contributed by atoms with Gasteiger partial charge in [0.05, 0.1) is 11.3 Å². The van der Waals surface area contributed by atoms with E-state index in [1.807, 2.05) is 0 Å². The average molecular weight is 264 g/mol. The van der Waals surface area contributed by atoms with Gasteiger partial charge in [0.25, 0.3) is 0 Å². The van der Waals surface area contributed by atoms with Crippen LogP contribution in [0, 0.1) is 5.41 Å². The van der Waals surface area contributed by atoms with E-state index >= 15 is 0 Å². The van der Waals surface area contributed by atoms with Crippen LogP contribution < -0.4 is 5.73 Å². The topological polar surface area (TPSA) is 49.9 Å². The second-order valence-corrected chi connectivity index (χ2v) is 4.04. The van der Waals surface area contributed by atoms with E-state index < -0.39 is 11.7 Å². The summed E-state index contributed by atoms with van der Waals surface area (Å²) in [5.74, 6) is 0. The van der Waals surface area contributed by atoms with Crippen molar-refractivity contribution in [1.82, 2.24) is 0 Å². The van der Waals surface area contributed by atoms with Crippen molar-refractivity contribution in [1.29, 1.82) is 5.41 Å². The van der Waals surface area contributed by atoms with E-state index in [0.29, 0.717) is 11.1 Å². The van der Waals surface area contributed by atoms with Gasteiger partial charge in [-0.15, -0.1) is 0 Å². The molecule has 2 aromatic carbocycles. The molecule has 0 saturated carbocycles. The first-order valence-corrected chi connectivity index (χ1v) is 5.50. The third-order valence-electron chi connectivity index (χ3n) is 2.71. The Bertz CT molecular complexity index is 604. The molecule has 2 nitrogen and oxygen atoms in total. The van der Waals surface area contributed by atoms with Gasteiger partial charge < -0.3 is 5.73 Å². The molecule has 0 unspecified atom stereocenters. The number of nitrogens with one attached hydrogen (secondary N) is 1. The van der Waals surface area contributed by atoms with E-state index in [4.69, 9.17) is 11.1 Å². The smallest absolute Gasteiger partial charge is 0.398 e. The van der Waals surface area contributed by atoms with E-state index in [0.717, 1.165) is 12.1 Å². The molecule has 0 atom stereocenters. The van der Waals surface area contributed by atoms with Crippen LogP contribution in [0.15, 0.2) is 48.5 Å². The molecule has 0 saturated heterocycles. The minimum absolute atomic E-state index is 0.0521. The molecule has 19 heavy (non-hydrogen) atoms. The summed E-state index contributed by atoms with van der Waals surface area (Å²) in [6.45, 7) is 0. The molecular formula is C14H11F3N2. The Hall–Kier alpha value is -2.30. The highest BCUT2D eigenvalue weighted by Gasteiger charge is 2.31. The molecule has 0 fully saturated rings. The largest absolute Gasteiger partial charge is 0.416 e. The Morgan fingerprint density at radius 2 is 1.63 bits per heavy atom. The molecule has 2 rings (SSSR count). The van der Waals surface area contributed by atoms with E-state index in [1.54, 1.807) is 30.3 Å². The van der Waals surface area contributed by atoms with Gasteiger partial charge in [0.1, 0.15) is 0 Å². The van der Waals surface area contributed by atoms with Crippen LogP contribution in [0.3, 0.4) is 0 Å². The summed E-state index contributed by atoms with van der Waals surface area (Å²) >= 11 is 0. The van der Waals surface area contributed by atoms with Gasteiger partial charge in [-0.3, -0.25) is 5.41 Å². The SMILES string of the molecule is N=C(c1ccccc1)c1ccc(C(F)(F)F)cc1N. The fraction of sp³-hybridized carbons (Fsp3) is 0.0714. The van der Waals surface area contributed by atoms with Gasteiger partial charge in [-0.1, -0.05) is 36.4 Å². The number of anilines is 1. The second kappa shape index (κ2) is 4.76. The highest BCUT2D eigenvalue weighted by atomic mass is 19.4. The van der Waals surface area contributed by atoms with Crippen LogP contribution in [0.4, 0.5) is 18.9 Å². The van der Waals surface area contributed by atoms with Crippen molar-refractivity contribution in [2.45, 2.75) is 6.18 Å². The summed E-state index contributed by atoms with van der Waals surface area (Å²) in [5, 5.41) is 7.98. The molecular weight excluding hydrogens is 253 g/mol. The number of hydrogen-bond donors (Lipinski definition) is 2. The number of nitrogen functional groups attached to an aromatic ring is 1. The minimum Gasteiger partial charge on any atom is -0.398 e. The van der Waals surface area contributed by atoms with Crippen LogP contribution in [0.1, 0.15) is 16.7 Å². The standard InChI is InChI=1S/C14H11F3N2/c15-14(16,17)10-6-7-11(12(18)8-10)13(19)9-4-2-1-3-5-9/h1-8,19H,18H2. The maximum Gasteiger partial charge on any atom is 0.416 e. The van der Waals surface area contributed by atoms with Crippen molar-refractivity contribution in [2.24, 2.45) is 0 Å². The van der Waals surface area contributed by atoms with Crippen LogP contribution in [0.2, 0.25) is 0 Å². The van der Waals surface area contributed by atoms with Crippen molar-refractivity contribution in [3.05, 3.63) is 65.2 Å². The minimum atomic E-state index is -4.43. The quantitative estimate of drug-likeness (QED) is 0.630. The lowest BCUT2D eigenvalue weighted by Crippen LogP contribution is -2.10. The summed E-state index contributed by atoms with van der Waals surface area (Å²) < 4.78 is 37.5. The van der Waals surface area contributed by atoms with Crippen molar-refractivity contribution in [3.63, 3.8) is 0 Å². The van der Waals surface area contributed by atoms with Crippen LogP contribution in [-0.2, 0) is 6.18 Å². The maximum atomic E-state index is 12.5. The fourth-order valence-electron chi connectivity index (χ4n) is 1.73. The van der Waals surface area contributed by atoms with E-state index in [1.165, 1.54) is 6.07 Å². The van der Waals surface area contributed by atoms with Crippen LogP contribution in [0.5, 0.6) is 0 Å². The normalized spacial score (nSPS) is 11.3. The van der Waals surface area contributed by atoms with E-state index in [2.05, 4.69) is 0 Å². The first-order chi connectivity index (χ1) is 8.89. The van der Waals surface area contributed by atoms with Crippen molar-refractivity contribution < 1.29 is 13.2 Å². The van der Waals surface area contributed by atoms with Gasteiger partial charge in [0.15, 0.2) is 0 Å². The summed E-state index contributed by atoms with van der Waals surface area (Å²) in [4.78, 5) is 0. The molecule has 0 heterocycles. The van der Waals surface area contributed by atoms with Crippen molar-refractivity contribution in [2.75, 3.05) is 5.73 Å². The number of hydrogen-bond acceptors (Lipinski definition) is 2. The lowest BCUT2D eigenvalue weighted by atomic mass is 9.99. The molecule has 3 N–H and O–H groups in total. The zero-order valence-corrected chi connectivity index (χ0v) is 9.83. The number of halogens is 3. The molecule has 2 aromatic rings. The molecule has 0 aliphatic carbocycles. The second-order valence-electron chi connectivity index (χ2n) is 4.04. The third kappa shape index (κ3) is 2.76. The molecule has 0 aromatic heterocycles. The number of nitrogens with two attached hydrogens (primary N) is 1. The molecule has 0 aliphatic heterocycles. The fourth-order valence-corrected chi connectivity index (χ4v) is 1.73. The molecule has 0 spiro atoms. The maximum absolute atomic E-state index is 12.5. The van der Waals surface area contributed by atoms with Crippen LogP contribution in [0.25, 0.3) is 0 Å². The van der Waals surface area contributed by atoms with Crippen molar-refractivity contribution >= 4 is 11.4 Å². The molecule has 0 amide bonds. The van der Waals surface area contributed by atoms with Crippen LogP contribution >= 0.6 is 0 Å². The predicted molar refractivity (Wildman–Crippen MR) is 68.2 cm³/mol. The zero-order chi connectivity index (χ0) is 14.0. The van der Waals surface area contributed by atoms with E-state index in [9.17, 15) is 13.2 Å². The monoisotopic (exact) mass is 264 g/mol. The van der Waals surface area contributed by atoms with Gasteiger partial charge in [0.2, 0.25) is 0 Å². The zero-order valence-electron chi connectivity index (χ0n) is 9.83. The lowest BCUT2D eigenvalue weighted by molar-refractivity contribution is -0.137. The van der Waals surface area contributed by atoms with Gasteiger partial charge in [-0.25, -0.2) is 0 Å². The Kier molecular flexibility index (Phi) is 3.29. The van der Waals surface area contributed by atoms with Crippen LogP contribution in [-0.4, -0.2) is 5.71 Å². The molecule has 0 radical (unpaired) electrons. The summed E-state index contributed by atoms with van der Waals surface area (Å²) in [5.41, 5.74) is 5.75. The first-order valence-electron chi connectivity index (χ1n) is 5.50. The van der Waals surface area contributed by atoms with Gasteiger partial charge in [0, 0.05) is 16.8 Å². The number of alkyl halides is 3. The summed E-state index contributed by atoms with van der Waals surface area (Å²) in [7, 11) is 0. The molecule has 98 valence electrons. The highest BCUT2D eigenvalue weighted by Crippen LogP contribution is 2.31. The Balaban J connectivity index is 2.40. The number of benzene rings is 2. The highest BCUT2D eigenvalue weighted by molar-refractivity contribution is 6.13. The molecule has 5 heteroatoms. The van der Waals surface area contributed by atoms with Gasteiger partial charge in [-0.05, 0) is 12.1 Å². The average Bonchev–Trinajstić information content (AvgIpc) is 2.38. The van der Waals surface area contributed by atoms with Gasteiger partial charge >= 0.3 is 6.18 Å². The molecule has 0 bridgehead atoms. The Labute approximate surface area is 108 Å². The third-order valence-corrected chi connectivity index (χ3v) is 2.71. The Morgan fingerprint density at radius 3 is 2.16 bits per heavy atom. The van der Waals surface area contributed by atoms with Gasteiger partial charge in [-0.2, -0.15) is 13.2 Å². The predicted octanol–water partition coefficient (Wildman–Crippen LogP) is 3.70. The summed E-state index contributed by atoms with van der Waals surface area (Å²) in [6.07, 6.45) is -4.43. The molecule has 0 aliphatic rings. The van der Waals surface area contributed by atoms with E-state index in [-0.39, 0.29) is 11.4 Å². The Morgan fingerprint density at radius 1 is 1.00 bits per heavy atom. The first kappa shape index (κ1) is 13.1. The lowest BCUT2D eigenvalue weighted by Gasteiger charge is -2.11. The van der Waals surface area contributed by atoms with Crippen molar-refractivity contribution in [3.8, 4) is 0 Å². The summed E-state index contributed by atoms with van der Waals surface area (Å²) in [6, 6.07) is 11.7. The number of rotatable bonds is 2.